The molecule has 2 saturated heterocycles. The van der Waals surface area contributed by atoms with Crippen LogP contribution in [0.1, 0.15) is 47.0 Å². The first-order valence-corrected chi connectivity index (χ1v) is 6.68. The minimum absolute atomic E-state index is 0.0340. The van der Waals surface area contributed by atoms with Crippen molar-refractivity contribution >= 4 is 0 Å². The normalized spacial score (nSPS) is 36.6. The van der Waals surface area contributed by atoms with Crippen molar-refractivity contribution in [2.75, 3.05) is 13.1 Å². The Bertz CT molecular complexity index is 330. The molecule has 3 heteroatoms. The van der Waals surface area contributed by atoms with Gasteiger partial charge in [0.1, 0.15) is 0 Å². The van der Waals surface area contributed by atoms with Crippen LogP contribution >= 0.6 is 0 Å². The lowest BCUT2D eigenvalue weighted by Gasteiger charge is -2.39. The third-order valence-corrected chi connectivity index (χ3v) is 4.10. The monoisotopic (exact) mass is 236 g/mol. The molecule has 2 aliphatic rings. The molecule has 0 aliphatic carbocycles. The van der Waals surface area contributed by atoms with E-state index in [0.717, 1.165) is 32.4 Å². The van der Waals surface area contributed by atoms with Crippen molar-refractivity contribution in [3.8, 4) is 6.07 Å². The SMILES string of the molecule is CC1(C)CC(N2CCCC(C#N)C2)C(C)(C)O1. The van der Waals surface area contributed by atoms with Crippen LogP contribution in [0.15, 0.2) is 0 Å². The largest absolute Gasteiger partial charge is 0.368 e. The number of hydrogen-bond acceptors (Lipinski definition) is 3. The Morgan fingerprint density at radius 1 is 1.29 bits per heavy atom. The van der Waals surface area contributed by atoms with E-state index in [1.54, 1.807) is 0 Å². The van der Waals surface area contributed by atoms with Gasteiger partial charge in [0.05, 0.1) is 23.2 Å². The molecule has 0 saturated carbocycles. The first-order chi connectivity index (χ1) is 7.84. The van der Waals surface area contributed by atoms with Gasteiger partial charge in [-0.2, -0.15) is 5.26 Å². The summed E-state index contributed by atoms with van der Waals surface area (Å²) in [5, 5.41) is 9.08. The number of nitriles is 1. The van der Waals surface area contributed by atoms with Crippen LogP contribution in [0.4, 0.5) is 0 Å². The van der Waals surface area contributed by atoms with E-state index in [-0.39, 0.29) is 17.1 Å². The van der Waals surface area contributed by atoms with E-state index in [1.807, 2.05) is 0 Å². The molecule has 2 unspecified atom stereocenters. The minimum Gasteiger partial charge on any atom is -0.368 e. The van der Waals surface area contributed by atoms with Crippen LogP contribution in [0.25, 0.3) is 0 Å². The quantitative estimate of drug-likeness (QED) is 0.702. The highest BCUT2D eigenvalue weighted by atomic mass is 16.5. The third-order valence-electron chi connectivity index (χ3n) is 4.10. The molecular weight excluding hydrogens is 212 g/mol. The molecule has 17 heavy (non-hydrogen) atoms. The van der Waals surface area contributed by atoms with Crippen LogP contribution in [-0.2, 0) is 4.74 Å². The van der Waals surface area contributed by atoms with Gasteiger partial charge in [0.2, 0.25) is 0 Å². The Kier molecular flexibility index (Phi) is 3.22. The molecule has 0 bridgehead atoms. The molecule has 2 heterocycles. The third kappa shape index (κ3) is 2.64. The Balaban J connectivity index is 2.09. The molecule has 0 aromatic rings. The van der Waals surface area contributed by atoms with Crippen LogP contribution < -0.4 is 0 Å². The Labute approximate surface area is 105 Å². The van der Waals surface area contributed by atoms with Crippen molar-refractivity contribution in [3.63, 3.8) is 0 Å². The molecule has 0 aromatic heterocycles. The average Bonchev–Trinajstić information content (AvgIpc) is 2.47. The molecule has 2 atom stereocenters. The highest BCUT2D eigenvalue weighted by Crippen LogP contribution is 2.41. The summed E-state index contributed by atoms with van der Waals surface area (Å²) < 4.78 is 6.15. The zero-order valence-corrected chi connectivity index (χ0v) is 11.5. The molecule has 2 aliphatic heterocycles. The molecule has 2 fully saturated rings. The summed E-state index contributed by atoms with van der Waals surface area (Å²) in [6.45, 7) is 10.7. The van der Waals surface area contributed by atoms with Gasteiger partial charge in [0.15, 0.2) is 0 Å². The van der Waals surface area contributed by atoms with Crippen LogP contribution in [0, 0.1) is 17.2 Å². The van der Waals surface area contributed by atoms with Crippen molar-refractivity contribution in [2.24, 2.45) is 5.92 Å². The molecule has 0 aromatic carbocycles. The van der Waals surface area contributed by atoms with Crippen LogP contribution in [0.2, 0.25) is 0 Å². The van der Waals surface area contributed by atoms with Gasteiger partial charge in [0, 0.05) is 12.6 Å². The highest BCUT2D eigenvalue weighted by Gasteiger charge is 2.48. The van der Waals surface area contributed by atoms with Gasteiger partial charge in [-0.15, -0.1) is 0 Å². The van der Waals surface area contributed by atoms with Crippen molar-refractivity contribution < 1.29 is 4.74 Å². The van der Waals surface area contributed by atoms with Crippen molar-refractivity contribution in [3.05, 3.63) is 0 Å². The van der Waals surface area contributed by atoms with Crippen molar-refractivity contribution in [1.29, 1.82) is 5.26 Å². The number of ether oxygens (including phenoxy) is 1. The summed E-state index contributed by atoms with van der Waals surface area (Å²) in [7, 11) is 0. The van der Waals surface area contributed by atoms with Gasteiger partial charge in [0.25, 0.3) is 0 Å². The molecule has 2 rings (SSSR count). The number of nitrogens with zero attached hydrogens (tertiary/aromatic N) is 2. The number of rotatable bonds is 1. The van der Waals surface area contributed by atoms with E-state index in [0.29, 0.717) is 6.04 Å². The number of likely N-dealkylation sites (tertiary alicyclic amines) is 1. The van der Waals surface area contributed by atoms with E-state index < -0.39 is 0 Å². The van der Waals surface area contributed by atoms with Crippen LogP contribution in [0.3, 0.4) is 0 Å². The molecule has 0 radical (unpaired) electrons. The minimum atomic E-state index is -0.0964. The molecule has 0 amide bonds. The summed E-state index contributed by atoms with van der Waals surface area (Å²) in [5.41, 5.74) is -0.130. The van der Waals surface area contributed by atoms with Gasteiger partial charge >= 0.3 is 0 Å². The topological polar surface area (TPSA) is 36.3 Å². The van der Waals surface area contributed by atoms with Crippen LogP contribution in [-0.4, -0.2) is 35.2 Å². The summed E-state index contributed by atoms with van der Waals surface area (Å²) in [6, 6.07) is 2.88. The second-order valence-electron chi connectivity index (χ2n) is 6.65. The Morgan fingerprint density at radius 3 is 2.53 bits per heavy atom. The van der Waals surface area contributed by atoms with E-state index in [2.05, 4.69) is 38.7 Å². The first kappa shape index (κ1) is 12.9. The lowest BCUT2D eigenvalue weighted by atomic mass is 9.89. The average molecular weight is 236 g/mol. The van der Waals surface area contributed by atoms with Crippen molar-refractivity contribution in [1.82, 2.24) is 4.90 Å². The maximum absolute atomic E-state index is 9.08. The van der Waals surface area contributed by atoms with Gasteiger partial charge in [-0.3, -0.25) is 4.90 Å². The molecule has 0 spiro atoms. The predicted octanol–water partition coefficient (Wildman–Crippen LogP) is 2.57. The summed E-state index contributed by atoms with van der Waals surface area (Å²) in [6.07, 6.45) is 3.27. The smallest absolute Gasteiger partial charge is 0.0789 e. The second-order valence-corrected chi connectivity index (χ2v) is 6.65. The Morgan fingerprint density at radius 2 is 2.00 bits per heavy atom. The lowest BCUT2D eigenvalue weighted by Crippen LogP contribution is -2.50. The van der Waals surface area contributed by atoms with Gasteiger partial charge in [-0.1, -0.05) is 0 Å². The van der Waals surface area contributed by atoms with E-state index in [1.165, 1.54) is 0 Å². The fraction of sp³-hybridized carbons (Fsp3) is 0.929. The summed E-state index contributed by atoms with van der Waals surface area (Å²) in [4.78, 5) is 2.48. The standard InChI is InChI=1S/C14H24N2O/c1-13(2)8-12(14(3,4)17-13)16-7-5-6-11(9-15)10-16/h11-12H,5-8,10H2,1-4H3. The Hall–Kier alpha value is -0.590. The van der Waals surface area contributed by atoms with Gasteiger partial charge in [-0.25, -0.2) is 0 Å². The van der Waals surface area contributed by atoms with Crippen molar-refractivity contribution in [2.45, 2.75) is 64.2 Å². The molecule has 3 nitrogen and oxygen atoms in total. The zero-order chi connectivity index (χ0) is 12.7. The fourth-order valence-electron chi connectivity index (χ4n) is 3.50. The number of piperidine rings is 1. The zero-order valence-electron chi connectivity index (χ0n) is 11.5. The summed E-state index contributed by atoms with van der Waals surface area (Å²) in [5.74, 6) is 0.211. The highest BCUT2D eigenvalue weighted by molar-refractivity contribution is 5.02. The molecule has 0 N–H and O–H groups in total. The maximum Gasteiger partial charge on any atom is 0.0789 e. The fourth-order valence-corrected chi connectivity index (χ4v) is 3.50. The molecular formula is C14H24N2O. The van der Waals surface area contributed by atoms with E-state index in [9.17, 15) is 0 Å². The molecule has 96 valence electrons. The second kappa shape index (κ2) is 4.26. The maximum atomic E-state index is 9.08. The first-order valence-electron chi connectivity index (χ1n) is 6.68. The van der Waals surface area contributed by atoms with Gasteiger partial charge in [-0.05, 0) is 53.5 Å². The van der Waals surface area contributed by atoms with Gasteiger partial charge < -0.3 is 4.74 Å². The predicted molar refractivity (Wildman–Crippen MR) is 67.6 cm³/mol. The number of hydrogen-bond donors (Lipinski definition) is 0. The summed E-state index contributed by atoms with van der Waals surface area (Å²) >= 11 is 0. The van der Waals surface area contributed by atoms with E-state index in [4.69, 9.17) is 10.00 Å². The van der Waals surface area contributed by atoms with E-state index >= 15 is 0 Å². The lowest BCUT2D eigenvalue weighted by molar-refractivity contribution is -0.0826. The van der Waals surface area contributed by atoms with Crippen LogP contribution in [0.5, 0.6) is 0 Å².